The number of hydrogen-bond acceptors (Lipinski definition) is 3. The van der Waals surface area contributed by atoms with Crippen molar-refractivity contribution in [3.63, 3.8) is 0 Å². The van der Waals surface area contributed by atoms with Crippen LogP contribution in [0.1, 0.15) is 35.8 Å². The first-order valence-electron chi connectivity index (χ1n) is 8.95. The van der Waals surface area contributed by atoms with E-state index in [1.165, 1.54) is 11.1 Å². The Kier molecular flexibility index (Phi) is 4.29. The van der Waals surface area contributed by atoms with Gasteiger partial charge in [-0.05, 0) is 36.1 Å². The van der Waals surface area contributed by atoms with Crippen LogP contribution in [0.5, 0.6) is 0 Å². The highest BCUT2D eigenvalue weighted by molar-refractivity contribution is 5.78. The number of carbonyl (C=O) groups excluding carboxylic acids is 1. The fourth-order valence-corrected chi connectivity index (χ4v) is 3.77. The van der Waals surface area contributed by atoms with E-state index in [1.54, 1.807) is 6.07 Å². The number of benzene rings is 2. The van der Waals surface area contributed by atoms with Gasteiger partial charge in [0, 0.05) is 19.9 Å². The molecule has 26 heavy (non-hydrogen) atoms. The maximum Gasteiger partial charge on any atom is 0.258 e. The van der Waals surface area contributed by atoms with Crippen molar-refractivity contribution < 1.29 is 4.79 Å². The molecule has 3 aromatic rings. The lowest BCUT2D eigenvalue weighted by Gasteiger charge is -2.25. The van der Waals surface area contributed by atoms with E-state index < -0.39 is 0 Å². The molecule has 1 aliphatic carbocycles. The number of H-pyrrole nitrogens is 1. The Morgan fingerprint density at radius 2 is 1.96 bits per heavy atom. The van der Waals surface area contributed by atoms with Crippen molar-refractivity contribution in [2.24, 2.45) is 0 Å². The van der Waals surface area contributed by atoms with E-state index in [4.69, 9.17) is 0 Å². The molecule has 0 spiro atoms. The van der Waals surface area contributed by atoms with Crippen molar-refractivity contribution in [3.8, 4) is 0 Å². The van der Waals surface area contributed by atoms with E-state index in [-0.39, 0.29) is 17.5 Å². The van der Waals surface area contributed by atoms with E-state index in [1.807, 2.05) is 42.3 Å². The smallest absolute Gasteiger partial charge is 0.258 e. The molecular formula is C21H21N3O2. The van der Waals surface area contributed by atoms with Crippen molar-refractivity contribution in [2.75, 3.05) is 7.05 Å². The SMILES string of the molecule is CN(C(=O)CCc1nc2ccccc2c(=O)[nH]1)C1CCc2ccccc21. The zero-order valence-corrected chi connectivity index (χ0v) is 14.7. The number of rotatable bonds is 4. The number of nitrogens with zero attached hydrogens (tertiary/aromatic N) is 2. The topological polar surface area (TPSA) is 66.1 Å². The molecule has 0 saturated carbocycles. The van der Waals surface area contributed by atoms with E-state index >= 15 is 0 Å². The van der Waals surface area contributed by atoms with E-state index in [0.717, 1.165) is 12.8 Å². The normalized spacial score (nSPS) is 15.8. The van der Waals surface area contributed by atoms with Gasteiger partial charge in [0.2, 0.25) is 5.91 Å². The Balaban J connectivity index is 1.47. The Morgan fingerprint density at radius 3 is 2.85 bits per heavy atom. The van der Waals surface area contributed by atoms with Crippen LogP contribution in [-0.4, -0.2) is 27.8 Å². The number of para-hydroxylation sites is 1. The third-order valence-electron chi connectivity index (χ3n) is 5.20. The summed E-state index contributed by atoms with van der Waals surface area (Å²) < 4.78 is 0. The third-order valence-corrected chi connectivity index (χ3v) is 5.20. The molecule has 0 fully saturated rings. The molecule has 0 aliphatic heterocycles. The first-order chi connectivity index (χ1) is 12.6. The first kappa shape index (κ1) is 16.5. The molecule has 0 saturated heterocycles. The van der Waals surface area contributed by atoms with Crippen LogP contribution in [-0.2, 0) is 17.6 Å². The number of carbonyl (C=O) groups is 1. The van der Waals surface area contributed by atoms with Gasteiger partial charge in [-0.15, -0.1) is 0 Å². The number of hydrogen-bond donors (Lipinski definition) is 1. The lowest BCUT2D eigenvalue weighted by molar-refractivity contribution is -0.132. The van der Waals surface area contributed by atoms with E-state index in [0.29, 0.717) is 29.6 Å². The molecule has 1 aromatic heterocycles. The summed E-state index contributed by atoms with van der Waals surface area (Å²) in [4.78, 5) is 33.9. The molecule has 0 radical (unpaired) electrons. The van der Waals surface area contributed by atoms with Crippen LogP contribution in [0.3, 0.4) is 0 Å². The lowest BCUT2D eigenvalue weighted by atomic mass is 10.1. The van der Waals surface area contributed by atoms with Gasteiger partial charge in [-0.1, -0.05) is 36.4 Å². The molecule has 1 atom stereocenters. The Bertz CT molecular complexity index is 1020. The average Bonchev–Trinajstić information content (AvgIpc) is 3.09. The van der Waals surface area contributed by atoms with Crippen LogP contribution in [0.15, 0.2) is 53.3 Å². The number of amides is 1. The summed E-state index contributed by atoms with van der Waals surface area (Å²) in [5.74, 6) is 0.629. The monoisotopic (exact) mass is 347 g/mol. The summed E-state index contributed by atoms with van der Waals surface area (Å²) in [6, 6.07) is 15.7. The second-order valence-corrected chi connectivity index (χ2v) is 6.79. The number of nitrogens with one attached hydrogen (secondary N) is 1. The van der Waals surface area contributed by atoms with Crippen molar-refractivity contribution in [2.45, 2.75) is 31.7 Å². The highest BCUT2D eigenvalue weighted by atomic mass is 16.2. The van der Waals surface area contributed by atoms with Gasteiger partial charge >= 0.3 is 0 Å². The van der Waals surface area contributed by atoms with Gasteiger partial charge in [-0.2, -0.15) is 0 Å². The molecule has 5 heteroatoms. The van der Waals surface area contributed by atoms with Crippen LogP contribution >= 0.6 is 0 Å². The van der Waals surface area contributed by atoms with Gasteiger partial charge in [0.15, 0.2) is 0 Å². The van der Waals surface area contributed by atoms with Crippen LogP contribution in [0.25, 0.3) is 10.9 Å². The number of aromatic nitrogens is 2. The second-order valence-electron chi connectivity index (χ2n) is 6.79. The predicted octanol–water partition coefficient (Wildman–Crippen LogP) is 3.00. The fraction of sp³-hybridized carbons (Fsp3) is 0.286. The summed E-state index contributed by atoms with van der Waals surface area (Å²) in [7, 11) is 1.87. The maximum atomic E-state index is 12.7. The van der Waals surface area contributed by atoms with Crippen molar-refractivity contribution >= 4 is 16.8 Å². The molecular weight excluding hydrogens is 326 g/mol. The van der Waals surface area contributed by atoms with Gasteiger partial charge in [0.25, 0.3) is 5.56 Å². The summed E-state index contributed by atoms with van der Waals surface area (Å²) in [5, 5.41) is 0.572. The van der Waals surface area contributed by atoms with Crippen molar-refractivity contribution in [1.82, 2.24) is 14.9 Å². The fourth-order valence-electron chi connectivity index (χ4n) is 3.77. The minimum absolute atomic E-state index is 0.0718. The van der Waals surface area contributed by atoms with E-state index in [2.05, 4.69) is 22.1 Å². The minimum Gasteiger partial charge on any atom is -0.339 e. The number of aromatic amines is 1. The molecule has 1 aliphatic rings. The molecule has 5 nitrogen and oxygen atoms in total. The van der Waals surface area contributed by atoms with E-state index in [9.17, 15) is 9.59 Å². The second kappa shape index (κ2) is 6.75. The summed E-state index contributed by atoms with van der Waals surface area (Å²) >= 11 is 0. The highest BCUT2D eigenvalue weighted by Crippen LogP contribution is 2.35. The minimum atomic E-state index is -0.156. The van der Waals surface area contributed by atoms with Gasteiger partial charge in [0.1, 0.15) is 5.82 Å². The average molecular weight is 347 g/mol. The quantitative estimate of drug-likeness (QED) is 0.789. The van der Waals surface area contributed by atoms with Crippen molar-refractivity contribution in [3.05, 3.63) is 75.8 Å². The van der Waals surface area contributed by atoms with Crippen LogP contribution in [0, 0.1) is 0 Å². The van der Waals surface area contributed by atoms with Crippen LogP contribution in [0.2, 0.25) is 0 Å². The first-order valence-corrected chi connectivity index (χ1v) is 8.95. The van der Waals surface area contributed by atoms with Gasteiger partial charge < -0.3 is 9.88 Å². The summed E-state index contributed by atoms with van der Waals surface area (Å²) in [6.45, 7) is 0. The van der Waals surface area contributed by atoms with Gasteiger partial charge in [-0.25, -0.2) is 4.98 Å². The molecule has 132 valence electrons. The largest absolute Gasteiger partial charge is 0.339 e. The molecule has 1 heterocycles. The maximum absolute atomic E-state index is 12.7. The zero-order chi connectivity index (χ0) is 18.1. The summed E-state index contributed by atoms with van der Waals surface area (Å²) in [5.41, 5.74) is 3.09. The summed E-state index contributed by atoms with van der Waals surface area (Å²) in [6.07, 6.45) is 2.73. The molecule has 0 bridgehead atoms. The standard InChI is InChI=1S/C21H21N3O2/c1-24(18-11-10-14-6-2-3-7-15(14)18)20(25)13-12-19-22-17-9-5-4-8-16(17)21(26)23-19/h2-9,18H,10-13H2,1H3,(H,22,23,26). The molecule has 2 aromatic carbocycles. The molecule has 1 unspecified atom stereocenters. The predicted molar refractivity (Wildman–Crippen MR) is 101 cm³/mol. The Labute approximate surface area is 151 Å². The highest BCUT2D eigenvalue weighted by Gasteiger charge is 2.28. The molecule has 1 amide bonds. The van der Waals surface area contributed by atoms with Gasteiger partial charge in [0.05, 0.1) is 16.9 Å². The zero-order valence-electron chi connectivity index (χ0n) is 14.7. The van der Waals surface area contributed by atoms with Crippen molar-refractivity contribution in [1.29, 1.82) is 0 Å². The molecule has 1 N–H and O–H groups in total. The Hall–Kier alpha value is -2.95. The van der Waals surface area contributed by atoms with Crippen LogP contribution < -0.4 is 5.56 Å². The van der Waals surface area contributed by atoms with Gasteiger partial charge in [-0.3, -0.25) is 9.59 Å². The van der Waals surface area contributed by atoms with Crippen LogP contribution in [0.4, 0.5) is 0 Å². The lowest BCUT2D eigenvalue weighted by Crippen LogP contribution is -2.30. The number of aryl methyl sites for hydroxylation is 2. The number of fused-ring (bicyclic) bond motifs is 2. The molecule has 4 rings (SSSR count). The third kappa shape index (κ3) is 3.01. The Morgan fingerprint density at radius 1 is 1.19 bits per heavy atom.